The van der Waals surface area contributed by atoms with Gasteiger partial charge in [-0.15, -0.1) is 0 Å². The van der Waals surface area contributed by atoms with Gasteiger partial charge in [0.05, 0.1) is 17.7 Å². The number of benzene rings is 1. The second kappa shape index (κ2) is 7.65. The highest BCUT2D eigenvalue weighted by Crippen LogP contribution is 2.22. The van der Waals surface area contributed by atoms with Gasteiger partial charge in [-0.2, -0.15) is 12.8 Å². The van der Waals surface area contributed by atoms with Crippen LogP contribution in [0.4, 0.5) is 10.5 Å². The van der Waals surface area contributed by atoms with Crippen molar-refractivity contribution in [1.82, 2.24) is 0 Å². The van der Waals surface area contributed by atoms with Crippen LogP contribution in [0.5, 0.6) is 0 Å². The number of nitrogens with zero attached hydrogens (tertiary/aromatic N) is 1. The molecule has 0 aliphatic heterocycles. The Morgan fingerprint density at radius 3 is 2.31 bits per heavy atom. The first-order valence-electron chi connectivity index (χ1n) is 7.88. The maximum Gasteiger partial charge on any atom is 0.411 e. The first-order chi connectivity index (χ1) is 12.1. The van der Waals surface area contributed by atoms with Crippen molar-refractivity contribution >= 4 is 33.3 Å². The lowest BCUT2D eigenvalue weighted by molar-refractivity contribution is -0.111. The van der Waals surface area contributed by atoms with Crippen LogP contribution in [-0.4, -0.2) is 33.1 Å². The molecule has 0 atom stereocenters. The van der Waals surface area contributed by atoms with Gasteiger partial charge < -0.3 is 4.74 Å². The Balaban J connectivity index is 2.35. The minimum Gasteiger partial charge on any atom is -0.453 e. The monoisotopic (exact) mass is 376 g/mol. The molecule has 0 saturated heterocycles. The minimum absolute atomic E-state index is 0.0235. The van der Waals surface area contributed by atoms with Crippen molar-refractivity contribution in [2.24, 2.45) is 10.3 Å². The van der Waals surface area contributed by atoms with Gasteiger partial charge in [0.15, 0.2) is 5.78 Å². The van der Waals surface area contributed by atoms with Crippen molar-refractivity contribution in [1.29, 1.82) is 0 Å². The second-order valence-corrected chi connectivity index (χ2v) is 7.64. The lowest BCUT2D eigenvalue weighted by atomic mass is 9.90. The molecule has 0 radical (unpaired) electrons. The molecule has 1 amide bonds. The van der Waals surface area contributed by atoms with Crippen LogP contribution in [0.2, 0.25) is 0 Å². The number of amides is 1. The summed E-state index contributed by atoms with van der Waals surface area (Å²) >= 11 is 0. The van der Waals surface area contributed by atoms with E-state index in [-0.39, 0.29) is 22.3 Å². The summed E-state index contributed by atoms with van der Waals surface area (Å²) in [6.07, 6.45) is 2.26. The fourth-order valence-electron chi connectivity index (χ4n) is 2.30. The molecule has 0 bridgehead atoms. The van der Waals surface area contributed by atoms with E-state index in [1.165, 1.54) is 43.5 Å². The zero-order valence-corrected chi connectivity index (χ0v) is 15.8. The van der Waals surface area contributed by atoms with E-state index in [2.05, 4.69) is 14.5 Å². The van der Waals surface area contributed by atoms with Crippen molar-refractivity contribution in [2.75, 3.05) is 12.4 Å². The molecule has 0 heterocycles. The molecule has 8 heteroatoms. The molecule has 1 N–H and O–H groups in total. The molecule has 0 unspecified atom stereocenters. The fraction of sp³-hybridized carbons (Fsp3) is 0.278. The largest absolute Gasteiger partial charge is 0.453 e. The predicted octanol–water partition coefficient (Wildman–Crippen LogP) is 3.11. The van der Waals surface area contributed by atoms with E-state index in [9.17, 15) is 18.0 Å². The van der Waals surface area contributed by atoms with Crippen LogP contribution in [0.25, 0.3) is 0 Å². The Hall–Kier alpha value is -2.74. The SMILES string of the molecule is COC(=O)Nc1ccc(S(=O)(=O)/N=C2/C=C(C(C)C)C(=O)C=C2C)cc1. The number of allylic oxidation sites excluding steroid dienone is 4. The van der Waals surface area contributed by atoms with Crippen molar-refractivity contribution in [3.8, 4) is 0 Å². The number of rotatable bonds is 4. The molecule has 138 valence electrons. The van der Waals surface area contributed by atoms with Gasteiger partial charge in [0.25, 0.3) is 10.0 Å². The lowest BCUT2D eigenvalue weighted by Crippen LogP contribution is -2.16. The third-order valence-corrected chi connectivity index (χ3v) is 5.06. The van der Waals surface area contributed by atoms with Crippen LogP contribution in [0.15, 0.2) is 56.9 Å². The highest BCUT2D eigenvalue weighted by molar-refractivity contribution is 7.90. The van der Waals surface area contributed by atoms with Gasteiger partial charge in [0.2, 0.25) is 0 Å². The Kier molecular flexibility index (Phi) is 5.76. The number of carbonyl (C=O) groups is 2. The number of carbonyl (C=O) groups excluding carboxylic acids is 2. The van der Waals surface area contributed by atoms with Gasteiger partial charge >= 0.3 is 6.09 Å². The maximum absolute atomic E-state index is 12.6. The van der Waals surface area contributed by atoms with Gasteiger partial charge in [0.1, 0.15) is 0 Å². The predicted molar refractivity (Wildman–Crippen MR) is 98.8 cm³/mol. The molecular formula is C18H20N2O5S. The van der Waals surface area contributed by atoms with Crippen LogP contribution in [0.3, 0.4) is 0 Å². The lowest BCUT2D eigenvalue weighted by Gasteiger charge is -2.15. The number of nitrogens with one attached hydrogen (secondary N) is 1. The van der Waals surface area contributed by atoms with Gasteiger partial charge in [0, 0.05) is 11.3 Å². The summed E-state index contributed by atoms with van der Waals surface area (Å²) in [7, 11) is -2.73. The molecular weight excluding hydrogens is 356 g/mol. The molecule has 0 fully saturated rings. The molecule has 7 nitrogen and oxygen atoms in total. The van der Waals surface area contributed by atoms with Crippen molar-refractivity contribution < 1.29 is 22.7 Å². The Morgan fingerprint density at radius 2 is 1.77 bits per heavy atom. The molecule has 1 aliphatic carbocycles. The van der Waals surface area contributed by atoms with Gasteiger partial charge in [-0.25, -0.2) is 4.79 Å². The molecule has 0 spiro atoms. The molecule has 0 saturated carbocycles. The highest BCUT2D eigenvalue weighted by atomic mass is 32.2. The third kappa shape index (κ3) is 4.45. The summed E-state index contributed by atoms with van der Waals surface area (Å²) < 4.78 is 33.5. The number of hydrogen-bond donors (Lipinski definition) is 1. The second-order valence-electron chi connectivity index (χ2n) is 6.04. The summed E-state index contributed by atoms with van der Waals surface area (Å²) in [5.74, 6) is -0.171. The van der Waals surface area contributed by atoms with Crippen molar-refractivity contribution in [3.63, 3.8) is 0 Å². The maximum atomic E-state index is 12.6. The van der Waals surface area contributed by atoms with E-state index in [1.807, 2.05) is 13.8 Å². The molecule has 2 rings (SSSR count). The summed E-state index contributed by atoms with van der Waals surface area (Å²) in [5.41, 5.74) is 1.64. The average Bonchev–Trinajstić information content (AvgIpc) is 2.57. The average molecular weight is 376 g/mol. The van der Waals surface area contributed by atoms with Crippen molar-refractivity contribution in [3.05, 3.63) is 47.6 Å². The smallest absolute Gasteiger partial charge is 0.411 e. The van der Waals surface area contributed by atoms with Gasteiger partial charge in [-0.3, -0.25) is 10.1 Å². The summed E-state index contributed by atoms with van der Waals surface area (Å²) in [5, 5.41) is 2.43. The normalized spacial score (nSPS) is 16.3. The van der Waals surface area contributed by atoms with E-state index >= 15 is 0 Å². The molecule has 1 aliphatic rings. The third-order valence-electron chi connectivity index (χ3n) is 3.75. The first kappa shape index (κ1) is 19.6. The summed E-state index contributed by atoms with van der Waals surface area (Å²) in [6, 6.07) is 5.55. The standard InChI is InChI=1S/C18H20N2O5S/c1-11(2)15-10-16(12(3)9-17(15)21)20-26(23,24)14-7-5-13(6-8-14)19-18(22)25-4/h5-11H,1-4H3,(H,19,22)/b20-16-. The Morgan fingerprint density at radius 1 is 1.15 bits per heavy atom. The highest BCUT2D eigenvalue weighted by Gasteiger charge is 2.21. The zero-order chi connectivity index (χ0) is 19.5. The first-order valence-corrected chi connectivity index (χ1v) is 9.32. The minimum atomic E-state index is -3.96. The Labute approximate surface area is 152 Å². The van der Waals surface area contributed by atoms with Crippen LogP contribution in [0.1, 0.15) is 20.8 Å². The van der Waals surface area contributed by atoms with Crippen LogP contribution in [0, 0.1) is 5.92 Å². The number of methoxy groups -OCH3 is 1. The number of hydrogen-bond acceptors (Lipinski definition) is 5. The van der Waals surface area contributed by atoms with E-state index in [0.717, 1.165) is 0 Å². The topological polar surface area (TPSA) is 102 Å². The van der Waals surface area contributed by atoms with Crippen LogP contribution < -0.4 is 5.32 Å². The quantitative estimate of drug-likeness (QED) is 0.814. The number of anilines is 1. The molecule has 1 aromatic carbocycles. The molecule has 26 heavy (non-hydrogen) atoms. The van der Waals surface area contributed by atoms with E-state index in [4.69, 9.17) is 0 Å². The van der Waals surface area contributed by atoms with E-state index < -0.39 is 16.1 Å². The van der Waals surface area contributed by atoms with Gasteiger partial charge in [-0.1, -0.05) is 13.8 Å². The number of ether oxygens (including phenoxy) is 1. The van der Waals surface area contributed by atoms with Crippen LogP contribution >= 0.6 is 0 Å². The number of sulfonamides is 1. The van der Waals surface area contributed by atoms with Gasteiger partial charge in [-0.05, 0) is 54.8 Å². The van der Waals surface area contributed by atoms with E-state index in [1.54, 1.807) is 6.92 Å². The summed E-state index contributed by atoms with van der Waals surface area (Å²) in [6.45, 7) is 5.36. The molecule has 1 aromatic rings. The van der Waals surface area contributed by atoms with E-state index in [0.29, 0.717) is 16.8 Å². The Bertz CT molecular complexity index is 923. The number of ketones is 1. The fourth-order valence-corrected chi connectivity index (χ4v) is 3.34. The summed E-state index contributed by atoms with van der Waals surface area (Å²) in [4.78, 5) is 23.1. The van der Waals surface area contributed by atoms with Crippen molar-refractivity contribution in [2.45, 2.75) is 25.7 Å². The van der Waals surface area contributed by atoms with Crippen LogP contribution in [-0.2, 0) is 19.6 Å². The zero-order valence-electron chi connectivity index (χ0n) is 14.9. The molecule has 0 aromatic heterocycles.